The first-order valence-electron chi connectivity index (χ1n) is 6.86. The number of rotatable bonds is 5. The van der Waals surface area contributed by atoms with Crippen LogP contribution < -0.4 is 0 Å². The molecule has 1 heterocycles. The van der Waals surface area contributed by atoms with Crippen molar-refractivity contribution in [2.45, 2.75) is 25.0 Å². The van der Waals surface area contributed by atoms with E-state index in [9.17, 15) is 9.90 Å². The summed E-state index contributed by atoms with van der Waals surface area (Å²) in [7, 11) is 0. The van der Waals surface area contributed by atoms with Crippen LogP contribution in [0, 0.1) is 0 Å². The minimum Gasteiger partial charge on any atom is -0.393 e. The SMILES string of the molecule is O=C(COCc1ccccc1)N1CCC[C@@](O)(CO)C1. The molecule has 1 fully saturated rings. The van der Waals surface area contributed by atoms with Crippen LogP contribution in [0.3, 0.4) is 0 Å². The van der Waals surface area contributed by atoms with Gasteiger partial charge in [-0.05, 0) is 18.4 Å². The van der Waals surface area contributed by atoms with E-state index in [1.807, 2.05) is 30.3 Å². The van der Waals surface area contributed by atoms with Gasteiger partial charge < -0.3 is 19.8 Å². The number of ether oxygens (including phenoxy) is 1. The van der Waals surface area contributed by atoms with Gasteiger partial charge in [-0.3, -0.25) is 4.79 Å². The summed E-state index contributed by atoms with van der Waals surface area (Å²) in [4.78, 5) is 13.6. The van der Waals surface area contributed by atoms with Crippen molar-refractivity contribution in [2.75, 3.05) is 26.3 Å². The standard InChI is InChI=1S/C15H21NO4/c17-12-15(19)7-4-8-16(11-15)14(18)10-20-9-13-5-2-1-3-6-13/h1-3,5-6,17,19H,4,7-12H2/t15-/m0/s1. The van der Waals surface area contributed by atoms with E-state index in [0.717, 1.165) is 5.56 Å². The highest BCUT2D eigenvalue weighted by Gasteiger charge is 2.34. The Morgan fingerprint density at radius 3 is 2.80 bits per heavy atom. The van der Waals surface area contributed by atoms with E-state index in [4.69, 9.17) is 9.84 Å². The van der Waals surface area contributed by atoms with Gasteiger partial charge in [-0.25, -0.2) is 0 Å². The molecule has 110 valence electrons. The zero-order valence-corrected chi connectivity index (χ0v) is 11.5. The maximum absolute atomic E-state index is 12.0. The van der Waals surface area contributed by atoms with E-state index < -0.39 is 5.60 Å². The fourth-order valence-corrected chi connectivity index (χ4v) is 2.38. The summed E-state index contributed by atoms with van der Waals surface area (Å²) in [6.45, 7) is 0.857. The van der Waals surface area contributed by atoms with E-state index in [-0.39, 0.29) is 25.7 Å². The van der Waals surface area contributed by atoms with E-state index in [2.05, 4.69) is 0 Å². The van der Waals surface area contributed by atoms with Gasteiger partial charge >= 0.3 is 0 Å². The molecule has 0 aromatic heterocycles. The minimum absolute atomic E-state index is 0.00357. The molecule has 1 atom stereocenters. The number of benzene rings is 1. The third kappa shape index (κ3) is 4.03. The maximum atomic E-state index is 12.0. The van der Waals surface area contributed by atoms with Gasteiger partial charge in [-0.2, -0.15) is 0 Å². The maximum Gasteiger partial charge on any atom is 0.248 e. The van der Waals surface area contributed by atoms with Crippen molar-refractivity contribution < 1.29 is 19.7 Å². The third-order valence-electron chi connectivity index (χ3n) is 3.54. The van der Waals surface area contributed by atoms with Gasteiger partial charge in [0.2, 0.25) is 5.91 Å². The Labute approximate surface area is 118 Å². The number of carbonyl (C=O) groups is 1. The number of hydrogen-bond acceptors (Lipinski definition) is 4. The van der Waals surface area contributed by atoms with E-state index in [1.165, 1.54) is 0 Å². The van der Waals surface area contributed by atoms with Crippen LogP contribution in [0.5, 0.6) is 0 Å². The van der Waals surface area contributed by atoms with Gasteiger partial charge in [-0.15, -0.1) is 0 Å². The van der Waals surface area contributed by atoms with Crippen molar-refractivity contribution in [3.63, 3.8) is 0 Å². The molecule has 0 unspecified atom stereocenters. The summed E-state index contributed by atoms with van der Waals surface area (Å²) in [5.74, 6) is -0.146. The van der Waals surface area contributed by atoms with Crippen molar-refractivity contribution in [3.05, 3.63) is 35.9 Å². The van der Waals surface area contributed by atoms with Crippen LogP contribution in [0.25, 0.3) is 0 Å². The number of aliphatic hydroxyl groups excluding tert-OH is 1. The fourth-order valence-electron chi connectivity index (χ4n) is 2.38. The van der Waals surface area contributed by atoms with Gasteiger partial charge in [0.15, 0.2) is 0 Å². The second-order valence-electron chi connectivity index (χ2n) is 5.28. The average molecular weight is 279 g/mol. The fraction of sp³-hybridized carbons (Fsp3) is 0.533. The molecule has 1 aliphatic heterocycles. The van der Waals surface area contributed by atoms with Crippen molar-refractivity contribution in [3.8, 4) is 0 Å². The van der Waals surface area contributed by atoms with Gasteiger partial charge in [0.05, 0.1) is 19.8 Å². The molecular formula is C15H21NO4. The Morgan fingerprint density at radius 2 is 2.10 bits per heavy atom. The monoisotopic (exact) mass is 279 g/mol. The second-order valence-corrected chi connectivity index (χ2v) is 5.28. The van der Waals surface area contributed by atoms with Crippen LogP contribution in [-0.2, 0) is 16.1 Å². The first-order valence-corrected chi connectivity index (χ1v) is 6.86. The highest BCUT2D eigenvalue weighted by molar-refractivity contribution is 5.77. The lowest BCUT2D eigenvalue weighted by molar-refractivity contribution is -0.145. The molecule has 2 N–H and O–H groups in total. The molecule has 5 nitrogen and oxygen atoms in total. The van der Waals surface area contributed by atoms with Crippen LogP contribution in [0.2, 0.25) is 0 Å². The Kier molecular flexibility index (Phi) is 5.11. The molecule has 1 aliphatic rings. The molecule has 0 aliphatic carbocycles. The summed E-state index contributed by atoms with van der Waals surface area (Å²) in [5, 5.41) is 19.2. The number of carbonyl (C=O) groups excluding carboxylic acids is 1. The summed E-state index contributed by atoms with van der Waals surface area (Å²) in [6.07, 6.45) is 1.22. The van der Waals surface area contributed by atoms with Crippen molar-refractivity contribution in [2.24, 2.45) is 0 Å². The topological polar surface area (TPSA) is 70.0 Å². The van der Waals surface area contributed by atoms with Crippen LogP contribution in [-0.4, -0.2) is 52.9 Å². The first-order chi connectivity index (χ1) is 9.63. The molecule has 1 saturated heterocycles. The number of piperidine rings is 1. The van der Waals surface area contributed by atoms with Crippen LogP contribution in [0.15, 0.2) is 30.3 Å². The lowest BCUT2D eigenvalue weighted by atomic mass is 9.94. The van der Waals surface area contributed by atoms with E-state index >= 15 is 0 Å². The number of β-amino-alcohol motifs (C(OH)–C–C–N with tert-alkyl or cyclic N) is 1. The number of amides is 1. The quantitative estimate of drug-likeness (QED) is 0.826. The molecule has 1 aromatic rings. The molecule has 0 saturated carbocycles. The van der Waals surface area contributed by atoms with Gasteiger partial charge in [0.25, 0.3) is 0 Å². The van der Waals surface area contributed by atoms with Crippen LogP contribution in [0.4, 0.5) is 0 Å². The zero-order chi connectivity index (χ0) is 14.4. The largest absolute Gasteiger partial charge is 0.393 e. The Balaban J connectivity index is 1.77. The molecule has 0 radical (unpaired) electrons. The lowest BCUT2D eigenvalue weighted by Gasteiger charge is -2.38. The number of hydrogen-bond donors (Lipinski definition) is 2. The lowest BCUT2D eigenvalue weighted by Crippen LogP contribution is -2.53. The molecule has 20 heavy (non-hydrogen) atoms. The van der Waals surface area contributed by atoms with Crippen molar-refractivity contribution >= 4 is 5.91 Å². The Bertz CT molecular complexity index is 437. The predicted molar refractivity (Wildman–Crippen MR) is 73.9 cm³/mol. The van der Waals surface area contributed by atoms with E-state index in [0.29, 0.717) is 26.0 Å². The third-order valence-corrected chi connectivity index (χ3v) is 3.54. The average Bonchev–Trinajstić information content (AvgIpc) is 2.48. The molecule has 5 heteroatoms. The summed E-state index contributed by atoms with van der Waals surface area (Å²) in [5.41, 5.74) is -0.140. The highest BCUT2D eigenvalue weighted by atomic mass is 16.5. The molecule has 0 bridgehead atoms. The number of likely N-dealkylation sites (tertiary alicyclic amines) is 1. The van der Waals surface area contributed by atoms with Gasteiger partial charge in [-0.1, -0.05) is 30.3 Å². The van der Waals surface area contributed by atoms with Gasteiger partial charge in [0, 0.05) is 6.54 Å². The smallest absolute Gasteiger partial charge is 0.248 e. The molecule has 2 rings (SSSR count). The zero-order valence-electron chi connectivity index (χ0n) is 11.5. The van der Waals surface area contributed by atoms with Gasteiger partial charge in [0.1, 0.15) is 12.2 Å². The van der Waals surface area contributed by atoms with Crippen LogP contribution >= 0.6 is 0 Å². The Morgan fingerprint density at radius 1 is 1.35 bits per heavy atom. The summed E-state index contributed by atoms with van der Waals surface area (Å²) >= 11 is 0. The predicted octanol–water partition coefficient (Wildman–Crippen LogP) is 0.549. The molecular weight excluding hydrogens is 258 g/mol. The molecule has 0 spiro atoms. The molecule has 1 aromatic carbocycles. The van der Waals surface area contributed by atoms with Crippen LogP contribution in [0.1, 0.15) is 18.4 Å². The number of aliphatic hydroxyl groups is 2. The first kappa shape index (κ1) is 15.0. The summed E-state index contributed by atoms with van der Waals surface area (Å²) < 4.78 is 5.40. The Hall–Kier alpha value is -1.43. The van der Waals surface area contributed by atoms with Crippen molar-refractivity contribution in [1.29, 1.82) is 0 Å². The second kappa shape index (κ2) is 6.83. The number of nitrogens with zero attached hydrogens (tertiary/aromatic N) is 1. The normalized spacial score (nSPS) is 22.8. The highest BCUT2D eigenvalue weighted by Crippen LogP contribution is 2.20. The minimum atomic E-state index is -1.16. The van der Waals surface area contributed by atoms with Crippen molar-refractivity contribution in [1.82, 2.24) is 4.90 Å². The van der Waals surface area contributed by atoms with E-state index in [1.54, 1.807) is 4.90 Å². The summed E-state index contributed by atoms with van der Waals surface area (Å²) in [6, 6.07) is 9.66. The molecule has 1 amide bonds.